The highest BCUT2D eigenvalue weighted by Crippen LogP contribution is 2.30. The first-order valence-corrected chi connectivity index (χ1v) is 8.96. The third-order valence-corrected chi connectivity index (χ3v) is 5.41. The number of anilines is 2. The van der Waals surface area contributed by atoms with Crippen molar-refractivity contribution < 1.29 is 0 Å². The maximum atomic E-state index is 4.53. The second kappa shape index (κ2) is 7.37. The summed E-state index contributed by atoms with van der Waals surface area (Å²) in [6, 6.07) is 0. The molecule has 1 aliphatic heterocycles. The van der Waals surface area contributed by atoms with Crippen LogP contribution in [0.4, 0.5) is 10.9 Å². The van der Waals surface area contributed by atoms with Crippen molar-refractivity contribution in [2.45, 2.75) is 6.92 Å². The fraction of sp³-hybridized carbons (Fsp3) is 0.667. The topological polar surface area (TPSA) is 60.4 Å². The van der Waals surface area contributed by atoms with Crippen molar-refractivity contribution in [3.8, 4) is 0 Å². The van der Waals surface area contributed by atoms with E-state index in [2.05, 4.69) is 37.0 Å². The first-order valence-electron chi connectivity index (χ1n) is 8.15. The summed E-state index contributed by atoms with van der Waals surface area (Å²) in [4.78, 5) is 20.2. The van der Waals surface area contributed by atoms with Crippen LogP contribution in [0.5, 0.6) is 0 Å². The molecule has 3 heterocycles. The van der Waals surface area contributed by atoms with Gasteiger partial charge in [0, 0.05) is 53.4 Å². The highest BCUT2D eigenvalue weighted by atomic mass is 32.1. The van der Waals surface area contributed by atoms with Crippen LogP contribution < -0.4 is 10.2 Å². The Labute approximate surface area is 141 Å². The Hall–Kier alpha value is -1.51. The quantitative estimate of drug-likeness (QED) is 0.851. The molecule has 0 amide bonds. The van der Waals surface area contributed by atoms with Crippen LogP contribution in [0.1, 0.15) is 6.92 Å². The Balaban J connectivity index is 1.57. The predicted molar refractivity (Wildman–Crippen MR) is 96.6 cm³/mol. The summed E-state index contributed by atoms with van der Waals surface area (Å²) < 4.78 is 1.03. The maximum Gasteiger partial charge on any atom is 0.187 e. The summed E-state index contributed by atoms with van der Waals surface area (Å²) in [6.45, 7) is 9.99. The van der Waals surface area contributed by atoms with Crippen molar-refractivity contribution in [2.75, 3.05) is 70.1 Å². The number of thiazole rings is 1. The summed E-state index contributed by atoms with van der Waals surface area (Å²) in [5, 5.41) is 4.42. The molecule has 1 aliphatic rings. The molecule has 0 spiro atoms. The van der Waals surface area contributed by atoms with Gasteiger partial charge in [0.25, 0.3) is 0 Å². The van der Waals surface area contributed by atoms with E-state index in [1.54, 1.807) is 17.7 Å². The van der Waals surface area contributed by atoms with E-state index in [4.69, 9.17) is 0 Å². The summed E-state index contributed by atoms with van der Waals surface area (Å²) in [6.07, 6.45) is 1.59. The molecule has 3 rings (SSSR count). The van der Waals surface area contributed by atoms with Crippen LogP contribution in [0.25, 0.3) is 10.3 Å². The van der Waals surface area contributed by atoms with Crippen LogP contribution in [0.3, 0.4) is 0 Å². The lowest BCUT2D eigenvalue weighted by Crippen LogP contribution is -2.47. The van der Waals surface area contributed by atoms with Crippen molar-refractivity contribution in [2.24, 2.45) is 0 Å². The first kappa shape index (κ1) is 16.4. The van der Waals surface area contributed by atoms with E-state index in [1.807, 2.05) is 19.0 Å². The Morgan fingerprint density at radius 2 is 1.91 bits per heavy atom. The lowest BCUT2D eigenvalue weighted by atomic mass is 10.3. The minimum absolute atomic E-state index is 0.771. The fourth-order valence-electron chi connectivity index (χ4n) is 2.72. The molecule has 0 unspecified atom stereocenters. The monoisotopic (exact) mass is 335 g/mol. The molecular formula is C15H25N7S. The first-order chi connectivity index (χ1) is 11.2. The number of piperazine rings is 1. The van der Waals surface area contributed by atoms with Gasteiger partial charge in [0.1, 0.15) is 16.8 Å². The molecule has 0 radical (unpaired) electrons. The van der Waals surface area contributed by atoms with Crippen LogP contribution >= 0.6 is 11.3 Å². The molecule has 0 aliphatic carbocycles. The van der Waals surface area contributed by atoms with E-state index in [0.717, 1.165) is 54.0 Å². The number of rotatable bonds is 6. The van der Waals surface area contributed by atoms with E-state index >= 15 is 0 Å². The number of nitrogens with zero attached hydrogens (tertiary/aromatic N) is 6. The summed E-state index contributed by atoms with van der Waals surface area (Å²) in [5.74, 6) is 0.896. The number of likely N-dealkylation sites (N-methyl/N-ethyl adjacent to an activating group) is 1. The van der Waals surface area contributed by atoms with E-state index in [0.29, 0.717) is 0 Å². The molecule has 1 N–H and O–H groups in total. The van der Waals surface area contributed by atoms with Crippen molar-refractivity contribution in [3.05, 3.63) is 6.33 Å². The van der Waals surface area contributed by atoms with Crippen LogP contribution in [-0.2, 0) is 0 Å². The van der Waals surface area contributed by atoms with Crippen LogP contribution in [0.15, 0.2) is 6.33 Å². The van der Waals surface area contributed by atoms with Gasteiger partial charge in [0.2, 0.25) is 0 Å². The lowest BCUT2D eigenvalue weighted by molar-refractivity contribution is 0.141. The Bertz CT molecular complexity index is 634. The van der Waals surface area contributed by atoms with Gasteiger partial charge in [-0.2, -0.15) is 4.98 Å². The number of fused-ring (bicyclic) bond motifs is 1. The van der Waals surface area contributed by atoms with Gasteiger partial charge in [-0.15, -0.1) is 0 Å². The molecule has 1 fully saturated rings. The summed E-state index contributed by atoms with van der Waals surface area (Å²) in [5.41, 5.74) is 0.771. The van der Waals surface area contributed by atoms with Gasteiger partial charge in [0.05, 0.1) is 0 Å². The van der Waals surface area contributed by atoms with Crippen molar-refractivity contribution >= 4 is 32.6 Å². The zero-order chi connectivity index (χ0) is 16.2. The smallest absolute Gasteiger partial charge is 0.187 e. The number of nitrogens with one attached hydrogen (secondary N) is 1. The minimum Gasteiger partial charge on any atom is -0.367 e. The van der Waals surface area contributed by atoms with Crippen molar-refractivity contribution in [1.82, 2.24) is 24.8 Å². The van der Waals surface area contributed by atoms with E-state index in [-0.39, 0.29) is 0 Å². The molecule has 0 saturated carbocycles. The predicted octanol–water partition coefficient (Wildman–Crippen LogP) is 1.20. The second-order valence-electron chi connectivity index (χ2n) is 5.97. The van der Waals surface area contributed by atoms with Gasteiger partial charge in [-0.05, 0) is 6.54 Å². The molecule has 2 aromatic heterocycles. The van der Waals surface area contributed by atoms with E-state index < -0.39 is 0 Å². The molecule has 7 nitrogen and oxygen atoms in total. The number of aromatic nitrogens is 3. The molecule has 2 aromatic rings. The SMILES string of the molecule is CCN1CCN(CCNc2ncnc3nc(N(C)C)sc23)CC1. The van der Waals surface area contributed by atoms with Crippen molar-refractivity contribution in [1.29, 1.82) is 0 Å². The minimum atomic E-state index is 0.771. The molecule has 8 heteroatoms. The van der Waals surface area contributed by atoms with E-state index in [9.17, 15) is 0 Å². The Morgan fingerprint density at radius 1 is 1.17 bits per heavy atom. The molecule has 0 atom stereocenters. The van der Waals surface area contributed by atoms with Gasteiger partial charge in [-0.25, -0.2) is 9.97 Å². The van der Waals surface area contributed by atoms with Gasteiger partial charge in [-0.1, -0.05) is 18.3 Å². The molecular weight excluding hydrogens is 310 g/mol. The largest absolute Gasteiger partial charge is 0.367 e. The second-order valence-corrected chi connectivity index (χ2v) is 6.95. The zero-order valence-electron chi connectivity index (χ0n) is 14.1. The van der Waals surface area contributed by atoms with Crippen LogP contribution in [0.2, 0.25) is 0 Å². The summed E-state index contributed by atoms with van der Waals surface area (Å²) in [7, 11) is 3.99. The van der Waals surface area contributed by atoms with Gasteiger partial charge >= 0.3 is 0 Å². The summed E-state index contributed by atoms with van der Waals surface area (Å²) >= 11 is 1.63. The zero-order valence-corrected chi connectivity index (χ0v) is 14.9. The van der Waals surface area contributed by atoms with Gasteiger partial charge in [-0.3, -0.25) is 4.90 Å². The maximum absolute atomic E-state index is 4.53. The highest BCUT2D eigenvalue weighted by molar-refractivity contribution is 7.22. The molecule has 23 heavy (non-hydrogen) atoms. The van der Waals surface area contributed by atoms with Gasteiger partial charge in [0.15, 0.2) is 10.8 Å². The Kier molecular flexibility index (Phi) is 5.24. The van der Waals surface area contributed by atoms with Crippen LogP contribution in [-0.4, -0.2) is 84.7 Å². The lowest BCUT2D eigenvalue weighted by Gasteiger charge is -2.33. The highest BCUT2D eigenvalue weighted by Gasteiger charge is 2.15. The molecule has 126 valence electrons. The number of hydrogen-bond donors (Lipinski definition) is 1. The number of hydrogen-bond acceptors (Lipinski definition) is 8. The fourth-order valence-corrected chi connectivity index (χ4v) is 3.63. The van der Waals surface area contributed by atoms with E-state index in [1.165, 1.54) is 13.1 Å². The third kappa shape index (κ3) is 3.88. The molecule has 0 bridgehead atoms. The van der Waals surface area contributed by atoms with Crippen LogP contribution in [0, 0.1) is 0 Å². The Morgan fingerprint density at radius 3 is 2.61 bits per heavy atom. The molecule has 1 saturated heterocycles. The van der Waals surface area contributed by atoms with Gasteiger partial charge < -0.3 is 15.1 Å². The normalized spacial score (nSPS) is 16.8. The third-order valence-electron chi connectivity index (χ3n) is 4.20. The average molecular weight is 335 g/mol. The molecule has 0 aromatic carbocycles. The average Bonchev–Trinajstić information content (AvgIpc) is 3.01. The standard InChI is InChI=1S/C15H25N7S/c1-4-21-7-9-22(10-8-21)6-5-16-13-12-14(18-11-17-13)19-15(23-12)20(2)3/h11H,4-10H2,1-3H3,(H,16,17,18). The van der Waals surface area contributed by atoms with Crippen molar-refractivity contribution in [3.63, 3.8) is 0 Å².